The first-order valence-corrected chi connectivity index (χ1v) is 12.9. The molecule has 9 nitrogen and oxygen atoms in total. The number of nitrogens with one attached hydrogen (secondary N) is 1. The van der Waals surface area contributed by atoms with Crippen LogP contribution < -0.4 is 19.7 Å². The van der Waals surface area contributed by atoms with E-state index in [0.717, 1.165) is 11.1 Å². The number of anilines is 1. The normalized spacial score (nSPS) is 18.3. The molecule has 1 atom stereocenters. The number of carbonyl (C=O) groups excluding carboxylic acids is 2. The summed E-state index contributed by atoms with van der Waals surface area (Å²) < 4.78 is 51.4. The molecular formula is C24H28FN3O6S. The van der Waals surface area contributed by atoms with Crippen molar-refractivity contribution in [1.29, 1.82) is 0 Å². The number of fused-ring (bicyclic) bond motifs is 1. The second kappa shape index (κ2) is 10.2. The van der Waals surface area contributed by atoms with Crippen LogP contribution in [0.25, 0.3) is 0 Å². The number of hydrogen-bond acceptors (Lipinski definition) is 6. The molecule has 0 aromatic heterocycles. The number of halogens is 1. The van der Waals surface area contributed by atoms with Crippen LogP contribution in [-0.2, 0) is 32.6 Å². The summed E-state index contributed by atoms with van der Waals surface area (Å²) in [6.07, 6.45) is 0.532. The number of amides is 2. The minimum atomic E-state index is -3.62. The van der Waals surface area contributed by atoms with Crippen LogP contribution in [0, 0.1) is 11.7 Å². The Hall–Kier alpha value is -3.18. The lowest BCUT2D eigenvalue weighted by Gasteiger charge is -2.29. The standard InChI is InChI=1S/C24H28FN3O6S/c1-33-21-10-16-6-8-27(14-17(16)11-22(21)34-2)35(31,32)9-7-26-24(30)18-12-23(29)28(15-18)20-5-3-4-19(25)13-20/h3-5,10-11,13,18H,6-9,12,14-15H2,1-2H3,(H,26,30). The van der Waals surface area contributed by atoms with Gasteiger partial charge in [0.05, 0.1) is 25.9 Å². The Kier molecular flexibility index (Phi) is 7.27. The Balaban J connectivity index is 1.32. The van der Waals surface area contributed by atoms with Crippen LogP contribution in [0.2, 0.25) is 0 Å². The molecule has 2 amide bonds. The molecule has 4 rings (SSSR count). The van der Waals surface area contributed by atoms with Crippen molar-refractivity contribution >= 4 is 27.5 Å². The van der Waals surface area contributed by atoms with Gasteiger partial charge in [0.15, 0.2) is 11.5 Å². The van der Waals surface area contributed by atoms with Crippen LogP contribution in [0.4, 0.5) is 10.1 Å². The van der Waals surface area contributed by atoms with Gasteiger partial charge in [0.2, 0.25) is 21.8 Å². The largest absolute Gasteiger partial charge is 0.493 e. The van der Waals surface area contributed by atoms with Crippen LogP contribution in [0.5, 0.6) is 11.5 Å². The molecule has 2 aromatic rings. The first-order valence-electron chi connectivity index (χ1n) is 11.3. The van der Waals surface area contributed by atoms with Gasteiger partial charge in [-0.05, 0) is 47.9 Å². The molecule has 2 aromatic carbocycles. The summed E-state index contributed by atoms with van der Waals surface area (Å²) in [4.78, 5) is 26.3. The fourth-order valence-corrected chi connectivity index (χ4v) is 5.77. The zero-order valence-corrected chi connectivity index (χ0v) is 20.4. The molecule has 0 spiro atoms. The maximum Gasteiger partial charge on any atom is 0.227 e. The van der Waals surface area contributed by atoms with E-state index in [-0.39, 0.29) is 37.7 Å². The van der Waals surface area contributed by atoms with E-state index in [2.05, 4.69) is 5.32 Å². The van der Waals surface area contributed by atoms with Gasteiger partial charge in [-0.2, -0.15) is 4.31 Å². The summed E-state index contributed by atoms with van der Waals surface area (Å²) in [7, 11) is -0.541. The first-order chi connectivity index (χ1) is 16.7. The summed E-state index contributed by atoms with van der Waals surface area (Å²) >= 11 is 0. The lowest BCUT2D eigenvalue weighted by Crippen LogP contribution is -2.41. The molecule has 2 aliphatic heterocycles. The number of nitrogens with zero attached hydrogens (tertiary/aromatic N) is 2. The van der Waals surface area contributed by atoms with Gasteiger partial charge in [0.25, 0.3) is 0 Å². The third-order valence-corrected chi connectivity index (χ3v) is 8.17. The number of sulfonamides is 1. The van der Waals surface area contributed by atoms with Crippen molar-refractivity contribution in [1.82, 2.24) is 9.62 Å². The Morgan fingerprint density at radius 3 is 2.54 bits per heavy atom. The molecule has 1 unspecified atom stereocenters. The molecular weight excluding hydrogens is 477 g/mol. The van der Waals surface area contributed by atoms with E-state index >= 15 is 0 Å². The van der Waals surface area contributed by atoms with E-state index in [1.54, 1.807) is 19.2 Å². The summed E-state index contributed by atoms with van der Waals surface area (Å²) in [6, 6.07) is 9.29. The van der Waals surface area contributed by atoms with E-state index in [9.17, 15) is 22.4 Å². The van der Waals surface area contributed by atoms with Gasteiger partial charge in [-0.1, -0.05) is 6.07 Å². The second-order valence-corrected chi connectivity index (χ2v) is 10.6. The van der Waals surface area contributed by atoms with Crippen LogP contribution in [-0.4, -0.2) is 64.1 Å². The third kappa shape index (κ3) is 5.40. The SMILES string of the molecule is COc1cc2c(cc1OC)CN(S(=O)(=O)CCNC(=O)C1CC(=O)N(c3cccc(F)c3)C1)CC2. The topological polar surface area (TPSA) is 105 Å². The lowest BCUT2D eigenvalue weighted by molar-refractivity contribution is -0.126. The van der Waals surface area contributed by atoms with Crippen molar-refractivity contribution < 1.29 is 31.9 Å². The highest BCUT2D eigenvalue weighted by molar-refractivity contribution is 7.89. The molecule has 2 heterocycles. The van der Waals surface area contributed by atoms with Crippen LogP contribution >= 0.6 is 0 Å². The number of methoxy groups -OCH3 is 2. The van der Waals surface area contributed by atoms with Crippen molar-refractivity contribution in [2.24, 2.45) is 5.92 Å². The van der Waals surface area contributed by atoms with Gasteiger partial charge in [-0.3, -0.25) is 9.59 Å². The monoisotopic (exact) mass is 505 g/mol. The molecule has 188 valence electrons. The average molecular weight is 506 g/mol. The molecule has 0 saturated carbocycles. The molecule has 35 heavy (non-hydrogen) atoms. The number of ether oxygens (including phenoxy) is 2. The summed E-state index contributed by atoms with van der Waals surface area (Å²) in [5.41, 5.74) is 2.26. The highest BCUT2D eigenvalue weighted by atomic mass is 32.2. The maximum atomic E-state index is 13.5. The maximum absolute atomic E-state index is 13.5. The van der Waals surface area contributed by atoms with Gasteiger partial charge in [-0.25, -0.2) is 12.8 Å². The molecule has 0 bridgehead atoms. The Labute approximate surface area is 203 Å². The zero-order valence-electron chi connectivity index (χ0n) is 19.6. The van der Waals surface area contributed by atoms with Gasteiger partial charge in [0, 0.05) is 38.3 Å². The van der Waals surface area contributed by atoms with Crippen molar-refractivity contribution in [2.45, 2.75) is 19.4 Å². The van der Waals surface area contributed by atoms with E-state index in [0.29, 0.717) is 30.2 Å². The van der Waals surface area contributed by atoms with E-state index in [1.807, 2.05) is 6.07 Å². The lowest BCUT2D eigenvalue weighted by atomic mass is 10.0. The van der Waals surface area contributed by atoms with E-state index in [4.69, 9.17) is 9.47 Å². The quantitative estimate of drug-likeness (QED) is 0.586. The van der Waals surface area contributed by atoms with Gasteiger partial charge >= 0.3 is 0 Å². The number of carbonyl (C=O) groups is 2. The van der Waals surface area contributed by atoms with E-state index < -0.39 is 27.7 Å². The van der Waals surface area contributed by atoms with Gasteiger partial charge in [-0.15, -0.1) is 0 Å². The molecule has 1 fully saturated rings. The molecule has 0 aliphatic carbocycles. The minimum Gasteiger partial charge on any atom is -0.493 e. The predicted octanol–water partition coefficient (Wildman–Crippen LogP) is 1.70. The zero-order chi connectivity index (χ0) is 25.2. The van der Waals surface area contributed by atoms with E-state index in [1.165, 1.54) is 34.5 Å². The highest BCUT2D eigenvalue weighted by Crippen LogP contribution is 2.34. The third-order valence-electron chi connectivity index (χ3n) is 6.35. The van der Waals surface area contributed by atoms with Crippen LogP contribution in [0.15, 0.2) is 36.4 Å². The predicted molar refractivity (Wildman–Crippen MR) is 127 cm³/mol. The van der Waals surface area contributed by atoms with Crippen molar-refractivity contribution in [3.8, 4) is 11.5 Å². The molecule has 1 N–H and O–H groups in total. The van der Waals surface area contributed by atoms with Crippen molar-refractivity contribution in [3.63, 3.8) is 0 Å². The number of benzene rings is 2. The average Bonchev–Trinajstić information content (AvgIpc) is 3.24. The molecule has 1 saturated heterocycles. The minimum absolute atomic E-state index is 0.0106. The van der Waals surface area contributed by atoms with Crippen molar-refractivity contribution in [2.75, 3.05) is 44.5 Å². The Morgan fingerprint density at radius 1 is 1.14 bits per heavy atom. The number of rotatable bonds is 8. The summed E-state index contributed by atoms with van der Waals surface area (Å²) in [5, 5.41) is 2.64. The molecule has 0 radical (unpaired) electrons. The fraction of sp³-hybridized carbons (Fsp3) is 0.417. The molecule has 11 heteroatoms. The first kappa shape index (κ1) is 24.9. The Morgan fingerprint density at radius 2 is 1.86 bits per heavy atom. The smallest absolute Gasteiger partial charge is 0.227 e. The second-order valence-electron chi connectivity index (χ2n) is 8.55. The van der Waals surface area contributed by atoms with Crippen molar-refractivity contribution in [3.05, 3.63) is 53.3 Å². The van der Waals surface area contributed by atoms with Gasteiger partial charge in [0.1, 0.15) is 5.82 Å². The molecule has 2 aliphatic rings. The Bertz CT molecular complexity index is 1240. The number of hydrogen-bond donors (Lipinski definition) is 1. The summed E-state index contributed by atoms with van der Waals surface area (Å²) in [6.45, 7) is 0.598. The fourth-order valence-electron chi connectivity index (χ4n) is 4.45. The van der Waals surface area contributed by atoms with Gasteiger partial charge < -0.3 is 19.7 Å². The summed E-state index contributed by atoms with van der Waals surface area (Å²) in [5.74, 6) is -0.877. The van der Waals surface area contributed by atoms with Crippen LogP contribution in [0.3, 0.4) is 0 Å². The highest BCUT2D eigenvalue weighted by Gasteiger charge is 2.35. The van der Waals surface area contributed by atoms with Crippen LogP contribution in [0.1, 0.15) is 17.5 Å².